The molecule has 0 radical (unpaired) electrons. The van der Waals surface area contributed by atoms with Crippen molar-refractivity contribution in [1.29, 1.82) is 0 Å². The average Bonchev–Trinajstić information content (AvgIpc) is 3.00. The van der Waals surface area contributed by atoms with Gasteiger partial charge in [0.25, 0.3) is 0 Å². The summed E-state index contributed by atoms with van der Waals surface area (Å²) in [5.74, 6) is -2.91. The Balaban J connectivity index is 1.75. The van der Waals surface area contributed by atoms with Crippen molar-refractivity contribution in [2.24, 2.45) is 0 Å². The molecule has 3 rings (SSSR count). The number of carbonyl (C=O) groups is 2. The summed E-state index contributed by atoms with van der Waals surface area (Å²) in [5, 5.41) is 4.48. The maximum atomic E-state index is 13.8. The van der Waals surface area contributed by atoms with Gasteiger partial charge in [0.2, 0.25) is 17.7 Å². The van der Waals surface area contributed by atoms with E-state index >= 15 is 0 Å². The minimum Gasteiger partial charge on any atom is -0.437 e. The van der Waals surface area contributed by atoms with Crippen LogP contribution in [-0.2, 0) is 9.59 Å². The first-order valence-corrected chi connectivity index (χ1v) is 7.53. The molecule has 0 fully saturated rings. The Hall–Kier alpha value is -3.55. The summed E-state index contributed by atoms with van der Waals surface area (Å²) in [6, 6.07) is 8.65. The van der Waals surface area contributed by atoms with E-state index in [-0.39, 0.29) is 17.3 Å². The zero-order chi connectivity index (χ0) is 18.7. The second-order valence-electron chi connectivity index (χ2n) is 5.34. The van der Waals surface area contributed by atoms with Gasteiger partial charge in [0.15, 0.2) is 5.58 Å². The predicted molar refractivity (Wildman–Crippen MR) is 92.3 cm³/mol. The van der Waals surface area contributed by atoms with E-state index in [2.05, 4.69) is 15.6 Å². The van der Waals surface area contributed by atoms with E-state index in [1.54, 1.807) is 24.3 Å². The summed E-state index contributed by atoms with van der Waals surface area (Å²) >= 11 is 0. The fourth-order valence-corrected chi connectivity index (χ4v) is 2.21. The van der Waals surface area contributed by atoms with Crippen LogP contribution < -0.4 is 10.6 Å². The van der Waals surface area contributed by atoms with Crippen LogP contribution in [0.15, 0.2) is 46.9 Å². The molecular formula is C18H13F2N3O3. The van der Waals surface area contributed by atoms with Crippen LogP contribution in [0.2, 0.25) is 0 Å². The number of benzene rings is 2. The second-order valence-corrected chi connectivity index (χ2v) is 5.34. The molecule has 0 spiro atoms. The van der Waals surface area contributed by atoms with Crippen LogP contribution in [0.4, 0.5) is 20.2 Å². The summed E-state index contributed by atoms with van der Waals surface area (Å²) in [5.41, 5.74) is 0.689. The van der Waals surface area contributed by atoms with Crippen LogP contribution in [0.25, 0.3) is 17.2 Å². The van der Waals surface area contributed by atoms with Gasteiger partial charge in [-0.15, -0.1) is 0 Å². The Bertz CT molecular complexity index is 995. The van der Waals surface area contributed by atoms with Gasteiger partial charge < -0.3 is 15.1 Å². The number of para-hydroxylation sites is 2. The van der Waals surface area contributed by atoms with Gasteiger partial charge in [-0.1, -0.05) is 12.1 Å². The molecule has 0 aliphatic carbocycles. The molecule has 0 aliphatic heterocycles. The minimum absolute atomic E-state index is 0.208. The van der Waals surface area contributed by atoms with E-state index in [9.17, 15) is 18.4 Å². The molecule has 1 heterocycles. The summed E-state index contributed by atoms with van der Waals surface area (Å²) in [6.07, 6.45) is 2.43. The van der Waals surface area contributed by atoms with Gasteiger partial charge in [0.05, 0.1) is 11.4 Å². The van der Waals surface area contributed by atoms with Crippen molar-refractivity contribution in [3.63, 3.8) is 0 Å². The van der Waals surface area contributed by atoms with E-state index in [0.29, 0.717) is 17.2 Å². The lowest BCUT2D eigenvalue weighted by atomic mass is 10.2. The molecule has 0 atom stereocenters. The highest BCUT2D eigenvalue weighted by molar-refractivity contribution is 6.02. The molecule has 2 amide bonds. The SMILES string of the molecule is CC(=O)Nc1cc(NC(=O)/C=C/c2nc3ccccc3o2)c(F)cc1F. The quantitative estimate of drug-likeness (QED) is 0.697. The highest BCUT2D eigenvalue weighted by atomic mass is 19.1. The summed E-state index contributed by atoms with van der Waals surface area (Å²) in [6.45, 7) is 1.18. The van der Waals surface area contributed by atoms with Crippen molar-refractivity contribution in [3.8, 4) is 0 Å². The van der Waals surface area contributed by atoms with E-state index < -0.39 is 23.4 Å². The Kier molecular flexibility index (Phi) is 4.74. The standard InChI is InChI=1S/C18H13F2N3O3/c1-10(24)21-14-9-15(12(20)8-11(14)19)22-17(25)6-7-18-23-13-4-2-3-5-16(13)26-18/h2-9H,1H3,(H,21,24)(H,22,25)/b7-6+. The lowest BCUT2D eigenvalue weighted by Gasteiger charge is -2.09. The third-order valence-corrected chi connectivity index (χ3v) is 3.31. The highest BCUT2D eigenvalue weighted by Crippen LogP contribution is 2.23. The molecular weight excluding hydrogens is 344 g/mol. The van der Waals surface area contributed by atoms with Gasteiger partial charge in [-0.05, 0) is 18.2 Å². The van der Waals surface area contributed by atoms with Crippen molar-refractivity contribution in [2.45, 2.75) is 6.92 Å². The normalized spacial score (nSPS) is 11.0. The van der Waals surface area contributed by atoms with Crippen molar-refractivity contribution in [3.05, 3.63) is 60.0 Å². The third-order valence-electron chi connectivity index (χ3n) is 3.31. The van der Waals surface area contributed by atoms with Crippen molar-refractivity contribution >= 4 is 40.4 Å². The third kappa shape index (κ3) is 3.92. The van der Waals surface area contributed by atoms with E-state index in [1.165, 1.54) is 13.0 Å². The van der Waals surface area contributed by atoms with Crippen LogP contribution >= 0.6 is 0 Å². The van der Waals surface area contributed by atoms with Gasteiger partial charge in [-0.25, -0.2) is 13.8 Å². The number of carbonyl (C=O) groups excluding carboxylic acids is 2. The Morgan fingerprint density at radius 1 is 1.08 bits per heavy atom. The van der Waals surface area contributed by atoms with Gasteiger partial charge in [0, 0.05) is 25.1 Å². The number of hydrogen-bond donors (Lipinski definition) is 2. The van der Waals surface area contributed by atoms with Gasteiger partial charge in [-0.3, -0.25) is 9.59 Å². The molecule has 132 valence electrons. The number of halogens is 2. The first-order chi connectivity index (χ1) is 12.4. The molecule has 0 bridgehead atoms. The fourth-order valence-electron chi connectivity index (χ4n) is 2.21. The number of nitrogens with zero attached hydrogens (tertiary/aromatic N) is 1. The molecule has 26 heavy (non-hydrogen) atoms. The maximum absolute atomic E-state index is 13.8. The Labute approximate surface area is 146 Å². The van der Waals surface area contributed by atoms with Gasteiger partial charge >= 0.3 is 0 Å². The van der Waals surface area contributed by atoms with Gasteiger partial charge in [-0.2, -0.15) is 0 Å². The van der Waals surface area contributed by atoms with Crippen LogP contribution in [0, 0.1) is 11.6 Å². The van der Waals surface area contributed by atoms with Crippen LogP contribution in [-0.4, -0.2) is 16.8 Å². The predicted octanol–water partition coefficient (Wildman–Crippen LogP) is 3.72. The molecule has 0 saturated heterocycles. The van der Waals surface area contributed by atoms with Crippen molar-refractivity contribution in [2.75, 3.05) is 10.6 Å². The van der Waals surface area contributed by atoms with E-state index in [4.69, 9.17) is 4.42 Å². The maximum Gasteiger partial charge on any atom is 0.248 e. The molecule has 2 aromatic carbocycles. The fraction of sp³-hybridized carbons (Fsp3) is 0.0556. The number of amides is 2. The zero-order valence-electron chi connectivity index (χ0n) is 13.5. The molecule has 0 unspecified atom stereocenters. The smallest absolute Gasteiger partial charge is 0.248 e. The molecule has 0 saturated carbocycles. The number of nitrogens with one attached hydrogen (secondary N) is 2. The monoisotopic (exact) mass is 357 g/mol. The number of fused-ring (bicyclic) bond motifs is 1. The first kappa shape index (κ1) is 17.3. The molecule has 6 nitrogen and oxygen atoms in total. The summed E-state index contributed by atoms with van der Waals surface area (Å²) in [4.78, 5) is 27.1. The summed E-state index contributed by atoms with van der Waals surface area (Å²) in [7, 11) is 0. The number of oxazole rings is 1. The molecule has 2 N–H and O–H groups in total. The molecule has 8 heteroatoms. The van der Waals surface area contributed by atoms with E-state index in [1.807, 2.05) is 0 Å². The Morgan fingerprint density at radius 2 is 1.77 bits per heavy atom. The first-order valence-electron chi connectivity index (χ1n) is 7.53. The van der Waals surface area contributed by atoms with Crippen LogP contribution in [0.5, 0.6) is 0 Å². The van der Waals surface area contributed by atoms with E-state index in [0.717, 1.165) is 12.1 Å². The van der Waals surface area contributed by atoms with Crippen molar-refractivity contribution < 1.29 is 22.8 Å². The highest BCUT2D eigenvalue weighted by Gasteiger charge is 2.12. The molecule has 1 aromatic heterocycles. The Morgan fingerprint density at radius 3 is 2.46 bits per heavy atom. The van der Waals surface area contributed by atoms with Crippen molar-refractivity contribution in [1.82, 2.24) is 4.98 Å². The number of aromatic nitrogens is 1. The molecule has 3 aromatic rings. The lowest BCUT2D eigenvalue weighted by Crippen LogP contribution is -2.12. The largest absolute Gasteiger partial charge is 0.437 e. The summed E-state index contributed by atoms with van der Waals surface area (Å²) < 4.78 is 32.8. The number of hydrogen-bond acceptors (Lipinski definition) is 4. The average molecular weight is 357 g/mol. The van der Waals surface area contributed by atoms with Gasteiger partial charge in [0.1, 0.15) is 17.2 Å². The zero-order valence-corrected chi connectivity index (χ0v) is 13.5. The number of anilines is 2. The molecule has 0 aliphatic rings. The lowest BCUT2D eigenvalue weighted by molar-refractivity contribution is -0.114. The second kappa shape index (κ2) is 7.14. The number of rotatable bonds is 4. The topological polar surface area (TPSA) is 84.2 Å². The van der Waals surface area contributed by atoms with Crippen LogP contribution in [0.1, 0.15) is 12.8 Å². The van der Waals surface area contributed by atoms with Crippen LogP contribution in [0.3, 0.4) is 0 Å². The minimum atomic E-state index is -0.972.